The summed E-state index contributed by atoms with van der Waals surface area (Å²) in [5.41, 5.74) is 6.56. The molecule has 6 nitrogen and oxygen atoms in total. The number of halogens is 2. The molecule has 2 N–H and O–H groups in total. The molecule has 9 heteroatoms. The largest absolute Gasteiger partial charge is 0.483 e. The number of rotatable bonds is 6. The summed E-state index contributed by atoms with van der Waals surface area (Å²) in [5.74, 6) is -0.576. The van der Waals surface area contributed by atoms with Gasteiger partial charge >= 0.3 is 0 Å². The average molecular weight is 573 g/mol. The molecule has 0 bridgehead atoms. The number of carbonyl (C=O) groups is 3. The highest BCUT2D eigenvalue weighted by Crippen LogP contribution is 2.35. The lowest BCUT2D eigenvalue weighted by atomic mass is 10.1. The van der Waals surface area contributed by atoms with Gasteiger partial charge in [-0.15, -0.1) is 0 Å². The van der Waals surface area contributed by atoms with Crippen LogP contribution in [0.25, 0.3) is 6.08 Å². The quantitative estimate of drug-likeness (QED) is 0.415. The Bertz CT molecular complexity index is 978. The molecule has 1 heterocycles. The number of carbonyl (C=O) groups excluding carboxylic acids is 3. The molecule has 1 aliphatic rings. The molecule has 0 aliphatic carbocycles. The van der Waals surface area contributed by atoms with Gasteiger partial charge in [0.1, 0.15) is 5.75 Å². The van der Waals surface area contributed by atoms with E-state index in [4.69, 9.17) is 10.5 Å². The second kappa shape index (κ2) is 9.10. The predicted molar refractivity (Wildman–Crippen MR) is 120 cm³/mol. The maximum absolute atomic E-state index is 12.7. The van der Waals surface area contributed by atoms with Gasteiger partial charge in [0.2, 0.25) is 0 Å². The fraction of sp³-hybridized carbons (Fsp3) is 0.105. The summed E-state index contributed by atoms with van der Waals surface area (Å²) >= 11 is 6.44. The third-order valence-corrected chi connectivity index (χ3v) is 5.88. The zero-order valence-corrected chi connectivity index (χ0v) is 18.9. The lowest BCUT2D eigenvalue weighted by Gasteiger charge is -2.12. The van der Waals surface area contributed by atoms with Gasteiger partial charge < -0.3 is 10.5 Å². The van der Waals surface area contributed by atoms with Gasteiger partial charge in [0.05, 0.1) is 11.4 Å². The van der Waals surface area contributed by atoms with Crippen molar-refractivity contribution in [3.8, 4) is 5.75 Å². The summed E-state index contributed by atoms with van der Waals surface area (Å²) in [6, 6.07) is 12.8. The number of ether oxygens (including phenoxy) is 1. The summed E-state index contributed by atoms with van der Waals surface area (Å²) in [5, 5.41) is -0.329. The van der Waals surface area contributed by atoms with E-state index in [-0.39, 0.29) is 29.2 Å². The van der Waals surface area contributed by atoms with Crippen molar-refractivity contribution in [1.29, 1.82) is 0 Å². The molecule has 3 amide bonds. The van der Waals surface area contributed by atoms with Crippen LogP contribution < -0.4 is 10.5 Å². The zero-order chi connectivity index (χ0) is 20.3. The Balaban J connectivity index is 1.84. The number of hydrogen-bond acceptors (Lipinski definition) is 5. The Morgan fingerprint density at radius 3 is 2.61 bits per heavy atom. The zero-order valence-electron chi connectivity index (χ0n) is 14.4. The van der Waals surface area contributed by atoms with Crippen molar-refractivity contribution in [2.24, 2.45) is 5.73 Å². The van der Waals surface area contributed by atoms with Crippen LogP contribution in [0.4, 0.5) is 4.79 Å². The van der Waals surface area contributed by atoms with Crippen LogP contribution in [-0.4, -0.2) is 28.6 Å². The Morgan fingerprint density at radius 1 is 1.21 bits per heavy atom. The molecule has 0 saturated carbocycles. The molecule has 28 heavy (non-hydrogen) atoms. The van der Waals surface area contributed by atoms with E-state index < -0.39 is 5.91 Å². The third-order valence-electron chi connectivity index (χ3n) is 3.76. The second-order valence-electron chi connectivity index (χ2n) is 5.83. The van der Waals surface area contributed by atoms with E-state index in [1.807, 2.05) is 24.3 Å². The number of hydrogen-bond donors (Lipinski definition) is 1. The first-order valence-corrected chi connectivity index (χ1v) is 10.7. The summed E-state index contributed by atoms with van der Waals surface area (Å²) < 4.78 is 7.24. The number of benzene rings is 2. The maximum Gasteiger partial charge on any atom is 0.293 e. The van der Waals surface area contributed by atoms with E-state index in [1.54, 1.807) is 24.3 Å². The van der Waals surface area contributed by atoms with Gasteiger partial charge in [-0.3, -0.25) is 19.3 Å². The van der Waals surface area contributed by atoms with Crippen molar-refractivity contribution < 1.29 is 19.1 Å². The van der Waals surface area contributed by atoms with E-state index in [9.17, 15) is 14.4 Å². The molecule has 1 saturated heterocycles. The first-order chi connectivity index (χ1) is 13.3. The van der Waals surface area contributed by atoms with Gasteiger partial charge in [-0.25, -0.2) is 0 Å². The minimum atomic E-state index is -0.605. The third kappa shape index (κ3) is 5.15. The molecule has 3 rings (SSSR count). The van der Waals surface area contributed by atoms with Crippen LogP contribution in [0.1, 0.15) is 11.1 Å². The number of imide groups is 1. The molecule has 2 aromatic rings. The van der Waals surface area contributed by atoms with Crippen molar-refractivity contribution in [1.82, 2.24) is 4.90 Å². The van der Waals surface area contributed by atoms with Gasteiger partial charge in [-0.05, 0) is 76.3 Å². The minimum absolute atomic E-state index is 0.211. The smallest absolute Gasteiger partial charge is 0.293 e. The summed E-state index contributed by atoms with van der Waals surface area (Å²) in [4.78, 5) is 37.6. The van der Waals surface area contributed by atoms with Crippen molar-refractivity contribution in [3.05, 3.63) is 66.5 Å². The maximum atomic E-state index is 12.7. The molecule has 0 spiro atoms. The number of nitrogens with zero attached hydrogens (tertiary/aromatic N) is 1. The number of primary amides is 1. The van der Waals surface area contributed by atoms with E-state index in [0.717, 1.165) is 25.4 Å². The van der Waals surface area contributed by atoms with E-state index in [0.29, 0.717) is 11.3 Å². The fourth-order valence-corrected chi connectivity index (χ4v) is 4.03. The molecule has 1 fully saturated rings. The molecule has 0 unspecified atom stereocenters. The fourth-order valence-electron chi connectivity index (χ4n) is 2.46. The normalized spacial score (nSPS) is 15.4. The van der Waals surface area contributed by atoms with Crippen LogP contribution in [-0.2, 0) is 16.1 Å². The highest BCUT2D eigenvalue weighted by atomic mass is 127. The van der Waals surface area contributed by atoms with E-state index in [2.05, 4.69) is 38.5 Å². The Labute approximate surface area is 187 Å². The van der Waals surface area contributed by atoms with Crippen LogP contribution in [0.3, 0.4) is 0 Å². The van der Waals surface area contributed by atoms with E-state index >= 15 is 0 Å². The Morgan fingerprint density at radius 2 is 1.93 bits per heavy atom. The minimum Gasteiger partial charge on any atom is -0.483 e. The molecule has 0 radical (unpaired) electrons. The number of nitrogens with two attached hydrogens (primary N) is 1. The van der Waals surface area contributed by atoms with Gasteiger partial charge in [0.15, 0.2) is 6.61 Å². The van der Waals surface area contributed by atoms with E-state index in [1.165, 1.54) is 4.90 Å². The lowest BCUT2D eigenvalue weighted by Crippen LogP contribution is -2.27. The average Bonchev–Trinajstić information content (AvgIpc) is 2.90. The molecule has 2 aromatic carbocycles. The highest BCUT2D eigenvalue weighted by molar-refractivity contribution is 14.1. The van der Waals surface area contributed by atoms with Gasteiger partial charge in [-0.2, -0.15) is 0 Å². The Hall–Kier alpha value is -1.85. The monoisotopic (exact) mass is 572 g/mol. The first-order valence-electron chi connectivity index (χ1n) is 8.04. The van der Waals surface area contributed by atoms with Gasteiger partial charge in [0, 0.05) is 13.6 Å². The predicted octanol–water partition coefficient (Wildman–Crippen LogP) is 4.15. The van der Waals surface area contributed by atoms with Gasteiger partial charge in [0.25, 0.3) is 17.1 Å². The summed E-state index contributed by atoms with van der Waals surface area (Å²) in [7, 11) is 0. The summed E-state index contributed by atoms with van der Waals surface area (Å²) in [6.07, 6.45) is 1.58. The second-order valence-corrected chi connectivity index (χ2v) is 8.99. The first kappa shape index (κ1) is 20.9. The Kier molecular flexibility index (Phi) is 6.78. The standard InChI is InChI=1S/C19H14BrIN2O4S/c20-13-3-6-15(27-10-17(22)24)12(7-13)8-16-18(25)23(19(26)28-16)9-11-1-4-14(21)5-2-11/h1-8H,9-10H2,(H2,22,24)/b16-8-. The van der Waals surface area contributed by atoms with Gasteiger partial charge in [-0.1, -0.05) is 28.1 Å². The molecule has 0 aromatic heterocycles. The molecule has 144 valence electrons. The van der Waals surface area contributed by atoms with Crippen molar-refractivity contribution in [3.63, 3.8) is 0 Å². The lowest BCUT2D eigenvalue weighted by molar-refractivity contribution is -0.123. The van der Waals surface area contributed by atoms with Crippen molar-refractivity contribution in [2.75, 3.05) is 6.61 Å². The van der Waals surface area contributed by atoms with Crippen LogP contribution in [0.2, 0.25) is 0 Å². The SMILES string of the molecule is NC(=O)COc1ccc(Br)cc1/C=C1\SC(=O)N(Cc2ccc(I)cc2)C1=O. The number of amides is 3. The molecular formula is C19H14BrIN2O4S. The summed E-state index contributed by atoms with van der Waals surface area (Å²) in [6.45, 7) is -0.0702. The van der Waals surface area contributed by atoms with Crippen LogP contribution in [0.15, 0.2) is 51.8 Å². The van der Waals surface area contributed by atoms with Crippen molar-refractivity contribution in [2.45, 2.75) is 6.54 Å². The molecule has 0 atom stereocenters. The molecule has 1 aliphatic heterocycles. The van der Waals surface area contributed by atoms with Crippen LogP contribution in [0.5, 0.6) is 5.75 Å². The number of thioether (sulfide) groups is 1. The van der Waals surface area contributed by atoms with Crippen LogP contribution >= 0.6 is 50.3 Å². The van der Waals surface area contributed by atoms with Crippen LogP contribution in [0, 0.1) is 3.57 Å². The molecular weight excluding hydrogens is 559 g/mol. The topological polar surface area (TPSA) is 89.7 Å². The highest BCUT2D eigenvalue weighted by Gasteiger charge is 2.35. The van der Waals surface area contributed by atoms with Crippen molar-refractivity contribution >= 4 is 73.4 Å².